The average molecular weight is 262 g/mol. The molecular formula is C13H14N2O4. The molecule has 0 bridgehead atoms. The van der Waals surface area contributed by atoms with Gasteiger partial charge in [0.2, 0.25) is 11.8 Å². The number of nitrogens with one attached hydrogen (secondary N) is 2. The van der Waals surface area contributed by atoms with Crippen molar-refractivity contribution >= 4 is 17.5 Å². The minimum absolute atomic E-state index is 0.0812. The molecule has 0 spiro atoms. The third kappa shape index (κ3) is 2.47. The van der Waals surface area contributed by atoms with Crippen LogP contribution in [0.3, 0.4) is 0 Å². The van der Waals surface area contributed by atoms with Gasteiger partial charge < -0.3 is 20.1 Å². The van der Waals surface area contributed by atoms with E-state index in [1.165, 1.54) is 0 Å². The van der Waals surface area contributed by atoms with Crippen LogP contribution < -0.4 is 20.1 Å². The lowest BCUT2D eigenvalue weighted by Gasteiger charge is -2.19. The van der Waals surface area contributed by atoms with Gasteiger partial charge in [-0.1, -0.05) is 0 Å². The van der Waals surface area contributed by atoms with Crippen molar-refractivity contribution in [3.05, 3.63) is 18.2 Å². The molecule has 1 aromatic carbocycles. The third-order valence-electron chi connectivity index (χ3n) is 3.16. The average Bonchev–Trinajstić information content (AvgIpc) is 2.85. The fraction of sp³-hybridized carbons (Fsp3) is 0.385. The maximum absolute atomic E-state index is 12.0. The highest BCUT2D eigenvalue weighted by molar-refractivity contribution is 5.97. The van der Waals surface area contributed by atoms with E-state index in [1.54, 1.807) is 18.2 Å². The summed E-state index contributed by atoms with van der Waals surface area (Å²) in [5, 5.41) is 5.43. The van der Waals surface area contributed by atoms with Crippen molar-refractivity contribution < 1.29 is 19.1 Å². The molecule has 0 radical (unpaired) electrons. The summed E-state index contributed by atoms with van der Waals surface area (Å²) >= 11 is 0. The molecule has 1 aromatic rings. The zero-order chi connectivity index (χ0) is 13.2. The minimum Gasteiger partial charge on any atom is -0.486 e. The monoisotopic (exact) mass is 262 g/mol. The zero-order valence-corrected chi connectivity index (χ0v) is 10.3. The Balaban J connectivity index is 1.69. The number of amides is 2. The van der Waals surface area contributed by atoms with Crippen molar-refractivity contribution in [2.45, 2.75) is 6.42 Å². The number of benzene rings is 1. The van der Waals surface area contributed by atoms with E-state index >= 15 is 0 Å². The first-order valence-electron chi connectivity index (χ1n) is 6.19. The number of rotatable bonds is 2. The first kappa shape index (κ1) is 11.8. The van der Waals surface area contributed by atoms with Gasteiger partial charge in [0.15, 0.2) is 11.5 Å². The smallest absolute Gasteiger partial charge is 0.229 e. The van der Waals surface area contributed by atoms with Crippen LogP contribution in [0.25, 0.3) is 0 Å². The van der Waals surface area contributed by atoms with E-state index in [9.17, 15) is 9.59 Å². The summed E-state index contributed by atoms with van der Waals surface area (Å²) in [7, 11) is 0. The van der Waals surface area contributed by atoms with E-state index in [0.717, 1.165) is 0 Å². The van der Waals surface area contributed by atoms with E-state index < -0.39 is 0 Å². The van der Waals surface area contributed by atoms with Gasteiger partial charge in [-0.3, -0.25) is 9.59 Å². The normalized spacial score (nSPS) is 20.8. The predicted molar refractivity (Wildman–Crippen MR) is 67.2 cm³/mol. The summed E-state index contributed by atoms with van der Waals surface area (Å²) < 4.78 is 10.9. The quantitative estimate of drug-likeness (QED) is 0.815. The number of fused-ring (bicyclic) bond motifs is 1. The Labute approximate surface area is 110 Å². The van der Waals surface area contributed by atoms with Crippen LogP contribution in [0, 0.1) is 5.92 Å². The Bertz CT molecular complexity index is 529. The van der Waals surface area contributed by atoms with Crippen molar-refractivity contribution in [1.82, 2.24) is 5.32 Å². The number of carbonyl (C=O) groups excluding carboxylic acids is 2. The van der Waals surface area contributed by atoms with Gasteiger partial charge in [-0.05, 0) is 12.1 Å². The fourth-order valence-corrected chi connectivity index (χ4v) is 2.16. The Kier molecular flexibility index (Phi) is 2.98. The largest absolute Gasteiger partial charge is 0.486 e. The molecule has 6 nitrogen and oxygen atoms in total. The van der Waals surface area contributed by atoms with Crippen molar-refractivity contribution in [1.29, 1.82) is 0 Å². The van der Waals surface area contributed by atoms with Crippen LogP contribution >= 0.6 is 0 Å². The van der Waals surface area contributed by atoms with Gasteiger partial charge in [-0.25, -0.2) is 0 Å². The first-order chi connectivity index (χ1) is 9.22. The molecule has 100 valence electrons. The minimum atomic E-state index is -0.305. The Hall–Kier alpha value is -2.24. The van der Waals surface area contributed by atoms with E-state index in [1.807, 2.05) is 0 Å². The second kappa shape index (κ2) is 4.79. The highest BCUT2D eigenvalue weighted by atomic mass is 16.6. The Morgan fingerprint density at radius 3 is 2.79 bits per heavy atom. The number of hydrogen-bond acceptors (Lipinski definition) is 4. The molecule has 1 saturated heterocycles. The standard InChI is InChI=1S/C13H14N2O4/c16-12-5-8(7-14-12)13(17)15-9-1-2-10-11(6-9)19-4-3-18-10/h1-2,6,8H,3-5,7H2,(H,14,16)(H,15,17). The predicted octanol–water partition coefficient (Wildman–Crippen LogP) is 0.532. The Morgan fingerprint density at radius 1 is 1.26 bits per heavy atom. The number of carbonyl (C=O) groups is 2. The summed E-state index contributed by atoms with van der Waals surface area (Å²) in [6.07, 6.45) is 0.246. The van der Waals surface area contributed by atoms with E-state index in [2.05, 4.69) is 10.6 Å². The molecule has 2 aliphatic heterocycles. The van der Waals surface area contributed by atoms with E-state index in [4.69, 9.17) is 9.47 Å². The van der Waals surface area contributed by atoms with E-state index in [-0.39, 0.29) is 24.2 Å². The van der Waals surface area contributed by atoms with Crippen molar-refractivity contribution in [3.8, 4) is 11.5 Å². The van der Waals surface area contributed by atoms with Crippen LogP contribution in [0.4, 0.5) is 5.69 Å². The zero-order valence-electron chi connectivity index (χ0n) is 10.3. The molecule has 6 heteroatoms. The molecule has 2 heterocycles. The van der Waals surface area contributed by atoms with Crippen LogP contribution in [-0.4, -0.2) is 31.6 Å². The topological polar surface area (TPSA) is 76.7 Å². The molecule has 3 rings (SSSR count). The maximum Gasteiger partial charge on any atom is 0.229 e. The first-order valence-corrected chi connectivity index (χ1v) is 6.19. The highest BCUT2D eigenvalue weighted by Gasteiger charge is 2.28. The van der Waals surface area contributed by atoms with Gasteiger partial charge in [0.1, 0.15) is 13.2 Å². The molecule has 1 fully saturated rings. The summed E-state index contributed by atoms with van der Waals surface area (Å²) in [6, 6.07) is 5.26. The van der Waals surface area contributed by atoms with Gasteiger partial charge >= 0.3 is 0 Å². The number of hydrogen-bond donors (Lipinski definition) is 2. The molecule has 0 aliphatic carbocycles. The molecule has 0 saturated carbocycles. The summed E-state index contributed by atoms with van der Waals surface area (Å²) in [6.45, 7) is 1.44. The lowest BCUT2D eigenvalue weighted by atomic mass is 10.1. The van der Waals surface area contributed by atoms with Crippen molar-refractivity contribution in [3.63, 3.8) is 0 Å². The molecular weight excluding hydrogens is 248 g/mol. The van der Waals surface area contributed by atoms with Crippen LogP contribution in [-0.2, 0) is 9.59 Å². The van der Waals surface area contributed by atoms with Gasteiger partial charge in [0.25, 0.3) is 0 Å². The third-order valence-corrected chi connectivity index (χ3v) is 3.16. The highest BCUT2D eigenvalue weighted by Crippen LogP contribution is 2.32. The van der Waals surface area contributed by atoms with Crippen LogP contribution in [0.2, 0.25) is 0 Å². The molecule has 2 N–H and O–H groups in total. The van der Waals surface area contributed by atoms with E-state index in [0.29, 0.717) is 36.9 Å². The Morgan fingerprint density at radius 2 is 2.05 bits per heavy atom. The second-order valence-electron chi connectivity index (χ2n) is 4.55. The number of ether oxygens (including phenoxy) is 2. The molecule has 1 unspecified atom stereocenters. The van der Waals surface area contributed by atoms with Crippen molar-refractivity contribution in [2.75, 3.05) is 25.1 Å². The van der Waals surface area contributed by atoms with Crippen LogP contribution in [0.15, 0.2) is 18.2 Å². The molecule has 1 atom stereocenters. The van der Waals surface area contributed by atoms with Gasteiger partial charge in [0, 0.05) is 24.7 Å². The molecule has 2 aliphatic rings. The summed E-state index contributed by atoms with van der Waals surface area (Å²) in [4.78, 5) is 23.0. The van der Waals surface area contributed by atoms with Gasteiger partial charge in [0.05, 0.1) is 5.92 Å². The molecule has 0 aromatic heterocycles. The van der Waals surface area contributed by atoms with Crippen molar-refractivity contribution in [2.24, 2.45) is 5.92 Å². The fourth-order valence-electron chi connectivity index (χ4n) is 2.16. The maximum atomic E-state index is 12.0. The van der Waals surface area contributed by atoms with Gasteiger partial charge in [-0.2, -0.15) is 0 Å². The SMILES string of the molecule is O=C1CC(C(=O)Nc2ccc3c(c2)OCCO3)CN1. The number of anilines is 1. The second-order valence-corrected chi connectivity index (χ2v) is 4.55. The molecule has 19 heavy (non-hydrogen) atoms. The lowest BCUT2D eigenvalue weighted by molar-refractivity contribution is -0.123. The lowest BCUT2D eigenvalue weighted by Crippen LogP contribution is -2.24. The summed E-state index contributed by atoms with van der Waals surface area (Å²) in [5.41, 5.74) is 0.647. The molecule has 2 amide bonds. The van der Waals surface area contributed by atoms with Gasteiger partial charge in [-0.15, -0.1) is 0 Å². The van der Waals surface area contributed by atoms with Crippen LogP contribution in [0.5, 0.6) is 11.5 Å². The summed E-state index contributed by atoms with van der Waals surface area (Å²) in [5.74, 6) is 0.768. The van der Waals surface area contributed by atoms with Crippen LogP contribution in [0.1, 0.15) is 6.42 Å².